The molecule has 1 unspecified atom stereocenters. The summed E-state index contributed by atoms with van der Waals surface area (Å²) in [5, 5.41) is 7.68. The maximum atomic E-state index is 6.26. The highest BCUT2D eigenvalue weighted by molar-refractivity contribution is 7.99. The summed E-state index contributed by atoms with van der Waals surface area (Å²) in [6, 6.07) is 8.02. The Morgan fingerprint density at radius 2 is 2.11 bits per heavy atom. The van der Waals surface area contributed by atoms with Crippen LogP contribution in [0.2, 0.25) is 5.02 Å². The molecule has 0 spiro atoms. The van der Waals surface area contributed by atoms with Crippen molar-refractivity contribution in [3.8, 4) is 0 Å². The second-order valence-corrected chi connectivity index (χ2v) is 8.60. The Labute approximate surface area is 172 Å². The van der Waals surface area contributed by atoms with Crippen LogP contribution < -0.4 is 10.6 Å². The van der Waals surface area contributed by atoms with Gasteiger partial charge in [0.05, 0.1) is 25.3 Å². The lowest BCUT2D eigenvalue weighted by Gasteiger charge is -2.42. The largest absolute Gasteiger partial charge is 0.379 e. The number of hydrogen-bond donors (Lipinski definition) is 2. The fourth-order valence-electron chi connectivity index (χ4n) is 3.69. The number of nitrogens with zero attached hydrogens (tertiary/aromatic N) is 2. The van der Waals surface area contributed by atoms with Crippen LogP contribution in [0, 0.1) is 0 Å². The topological polar surface area (TPSA) is 48.9 Å². The number of morpholine rings is 1. The molecule has 3 rings (SSSR count). The normalized spacial score (nSPS) is 24.1. The smallest absolute Gasteiger partial charge is 0.191 e. The van der Waals surface area contributed by atoms with Gasteiger partial charge in [0.2, 0.25) is 0 Å². The van der Waals surface area contributed by atoms with Crippen molar-refractivity contribution >= 4 is 29.3 Å². The number of nitrogens with one attached hydrogen (secondary N) is 2. The van der Waals surface area contributed by atoms with E-state index in [1.165, 1.54) is 17.7 Å². The van der Waals surface area contributed by atoms with Crippen LogP contribution in [0.5, 0.6) is 0 Å². The number of ether oxygens (including phenoxy) is 1. The summed E-state index contributed by atoms with van der Waals surface area (Å²) in [5.74, 6) is 3.29. The molecule has 2 fully saturated rings. The number of hydrogen-bond acceptors (Lipinski definition) is 4. The number of thioether (sulfide) groups is 1. The lowest BCUT2D eigenvalue weighted by atomic mass is 9.96. The predicted octanol–water partition coefficient (Wildman–Crippen LogP) is 2.65. The van der Waals surface area contributed by atoms with Crippen molar-refractivity contribution in [2.24, 2.45) is 4.99 Å². The molecule has 1 atom stereocenters. The Hall–Kier alpha value is -0.950. The van der Waals surface area contributed by atoms with Gasteiger partial charge in [0, 0.05) is 37.0 Å². The van der Waals surface area contributed by atoms with Crippen LogP contribution in [-0.4, -0.2) is 73.8 Å². The van der Waals surface area contributed by atoms with Gasteiger partial charge in [-0.3, -0.25) is 9.89 Å². The average molecular weight is 411 g/mol. The van der Waals surface area contributed by atoms with Crippen LogP contribution >= 0.6 is 23.4 Å². The lowest BCUT2D eigenvalue weighted by molar-refractivity contribution is -0.0104. The Morgan fingerprint density at radius 3 is 2.81 bits per heavy atom. The number of guanidine groups is 1. The van der Waals surface area contributed by atoms with Gasteiger partial charge in [-0.25, -0.2) is 0 Å². The molecule has 2 aliphatic rings. The van der Waals surface area contributed by atoms with Gasteiger partial charge in [-0.05, 0) is 37.1 Å². The second kappa shape index (κ2) is 10.6. The number of rotatable bonds is 7. The first-order valence-electron chi connectivity index (χ1n) is 9.90. The van der Waals surface area contributed by atoms with Crippen LogP contribution in [0.25, 0.3) is 0 Å². The van der Waals surface area contributed by atoms with E-state index < -0.39 is 0 Å². The average Bonchev–Trinajstić information content (AvgIpc) is 3.18. The molecule has 27 heavy (non-hydrogen) atoms. The minimum atomic E-state index is 0.180. The van der Waals surface area contributed by atoms with E-state index >= 15 is 0 Å². The molecule has 7 heteroatoms. The van der Waals surface area contributed by atoms with Crippen LogP contribution in [-0.2, 0) is 11.2 Å². The van der Waals surface area contributed by atoms with Gasteiger partial charge < -0.3 is 15.4 Å². The van der Waals surface area contributed by atoms with Crippen LogP contribution in [0.4, 0.5) is 0 Å². The third-order valence-electron chi connectivity index (χ3n) is 5.28. The molecule has 150 valence electrons. The van der Waals surface area contributed by atoms with Crippen LogP contribution in [0.3, 0.4) is 0 Å². The molecular weight excluding hydrogens is 380 g/mol. The van der Waals surface area contributed by atoms with Gasteiger partial charge in [0.1, 0.15) is 0 Å². The zero-order chi connectivity index (χ0) is 19.0. The van der Waals surface area contributed by atoms with Crippen molar-refractivity contribution in [1.29, 1.82) is 0 Å². The molecule has 2 heterocycles. The molecule has 1 aromatic carbocycles. The summed E-state index contributed by atoms with van der Waals surface area (Å²) in [5.41, 5.74) is 1.35. The minimum absolute atomic E-state index is 0.180. The maximum absolute atomic E-state index is 6.26. The molecular formula is C20H31ClN4OS. The zero-order valence-corrected chi connectivity index (χ0v) is 17.7. The molecule has 5 nitrogen and oxygen atoms in total. The van der Waals surface area contributed by atoms with E-state index in [4.69, 9.17) is 21.3 Å². The van der Waals surface area contributed by atoms with E-state index in [9.17, 15) is 0 Å². The van der Waals surface area contributed by atoms with Gasteiger partial charge in [-0.1, -0.05) is 29.8 Å². The predicted molar refractivity (Wildman–Crippen MR) is 116 cm³/mol. The number of benzene rings is 1. The van der Waals surface area contributed by atoms with Crippen molar-refractivity contribution in [1.82, 2.24) is 15.5 Å². The van der Waals surface area contributed by atoms with Crippen LogP contribution in [0.15, 0.2) is 29.3 Å². The minimum Gasteiger partial charge on any atom is -0.379 e. The highest BCUT2D eigenvalue weighted by atomic mass is 35.5. The summed E-state index contributed by atoms with van der Waals surface area (Å²) >= 11 is 8.31. The fraction of sp³-hybridized carbons (Fsp3) is 0.650. The molecule has 0 aliphatic carbocycles. The molecule has 0 saturated carbocycles. The van der Waals surface area contributed by atoms with Gasteiger partial charge in [0.15, 0.2) is 5.96 Å². The van der Waals surface area contributed by atoms with E-state index in [1.807, 2.05) is 30.0 Å². The Morgan fingerprint density at radius 1 is 1.30 bits per heavy atom. The lowest BCUT2D eigenvalue weighted by Crippen LogP contribution is -2.56. The maximum Gasteiger partial charge on any atom is 0.191 e. The van der Waals surface area contributed by atoms with E-state index in [-0.39, 0.29) is 5.54 Å². The molecule has 2 saturated heterocycles. The molecule has 0 radical (unpaired) electrons. The number of halogens is 1. The van der Waals surface area contributed by atoms with E-state index in [1.54, 1.807) is 0 Å². The highest BCUT2D eigenvalue weighted by Crippen LogP contribution is 2.34. The first-order chi connectivity index (χ1) is 13.2. The summed E-state index contributed by atoms with van der Waals surface area (Å²) in [6.07, 6.45) is 2.09. The summed E-state index contributed by atoms with van der Waals surface area (Å²) in [6.45, 7) is 8.33. The van der Waals surface area contributed by atoms with Crippen molar-refractivity contribution in [2.45, 2.75) is 25.3 Å². The van der Waals surface area contributed by atoms with Gasteiger partial charge >= 0.3 is 0 Å². The molecule has 0 aromatic heterocycles. The summed E-state index contributed by atoms with van der Waals surface area (Å²) < 4.78 is 5.55. The van der Waals surface area contributed by atoms with Gasteiger partial charge in [-0.15, -0.1) is 0 Å². The highest BCUT2D eigenvalue weighted by Gasteiger charge is 2.40. The Bertz CT molecular complexity index is 616. The SMILES string of the molecule is CCNC(=NCC1(N2CCOCC2)CCSC1)NCCc1ccccc1Cl. The van der Waals surface area contributed by atoms with Crippen molar-refractivity contribution in [3.63, 3.8) is 0 Å². The van der Waals surface area contributed by atoms with E-state index in [0.717, 1.165) is 69.1 Å². The second-order valence-electron chi connectivity index (χ2n) is 7.09. The summed E-state index contributed by atoms with van der Waals surface area (Å²) in [7, 11) is 0. The molecule has 2 N–H and O–H groups in total. The monoisotopic (exact) mass is 410 g/mol. The fourth-order valence-corrected chi connectivity index (χ4v) is 5.39. The zero-order valence-electron chi connectivity index (χ0n) is 16.2. The number of aliphatic imine (C=N–C) groups is 1. The van der Waals surface area contributed by atoms with Gasteiger partial charge in [-0.2, -0.15) is 11.8 Å². The molecule has 1 aromatic rings. The van der Waals surface area contributed by atoms with Gasteiger partial charge in [0.25, 0.3) is 0 Å². The van der Waals surface area contributed by atoms with Crippen molar-refractivity contribution < 1.29 is 4.74 Å². The first kappa shape index (κ1) is 20.8. The van der Waals surface area contributed by atoms with Crippen molar-refractivity contribution in [3.05, 3.63) is 34.9 Å². The Kier molecular flexibility index (Phi) is 8.12. The molecule has 2 aliphatic heterocycles. The first-order valence-corrected chi connectivity index (χ1v) is 11.4. The van der Waals surface area contributed by atoms with E-state index in [2.05, 4.69) is 28.5 Å². The summed E-state index contributed by atoms with van der Waals surface area (Å²) in [4.78, 5) is 7.57. The molecule has 0 bridgehead atoms. The van der Waals surface area contributed by atoms with E-state index in [0.29, 0.717) is 0 Å². The quantitative estimate of drug-likeness (QED) is 0.534. The van der Waals surface area contributed by atoms with Crippen LogP contribution in [0.1, 0.15) is 18.9 Å². The standard InChI is InChI=1S/C20H31ClN4OS/c1-2-22-19(23-9-7-17-5-3-4-6-18(17)21)24-15-20(8-14-27-16-20)25-10-12-26-13-11-25/h3-6H,2,7-16H2,1H3,(H2,22,23,24). The van der Waals surface area contributed by atoms with Crippen molar-refractivity contribution in [2.75, 3.05) is 57.4 Å². The Balaban J connectivity index is 1.59. The third kappa shape index (κ3) is 5.76. The third-order valence-corrected chi connectivity index (χ3v) is 6.89. The molecule has 0 amide bonds.